The molecule has 1 N–H and O–H groups in total. The van der Waals surface area contributed by atoms with Crippen molar-refractivity contribution in [2.75, 3.05) is 6.54 Å². The van der Waals surface area contributed by atoms with E-state index in [2.05, 4.69) is 4.98 Å². The van der Waals surface area contributed by atoms with Gasteiger partial charge in [0.2, 0.25) is 0 Å². The molecule has 1 aromatic heterocycles. The first-order chi connectivity index (χ1) is 10.9. The molecule has 0 aliphatic rings. The largest absolute Gasteiger partial charge is 0.480 e. The van der Waals surface area contributed by atoms with E-state index >= 15 is 0 Å². The molecular formula is C17H20N2O3S. The zero-order chi connectivity index (χ0) is 17.0. The van der Waals surface area contributed by atoms with E-state index in [1.807, 2.05) is 45.0 Å². The summed E-state index contributed by atoms with van der Waals surface area (Å²) in [4.78, 5) is 29.4. The molecule has 2 aromatic rings. The van der Waals surface area contributed by atoms with Crippen molar-refractivity contribution in [1.29, 1.82) is 0 Å². The van der Waals surface area contributed by atoms with E-state index in [0.29, 0.717) is 12.1 Å². The van der Waals surface area contributed by atoms with Gasteiger partial charge in [-0.2, -0.15) is 0 Å². The average molecular weight is 332 g/mol. The van der Waals surface area contributed by atoms with Crippen LogP contribution in [0.3, 0.4) is 0 Å². The van der Waals surface area contributed by atoms with Crippen LogP contribution in [0, 0.1) is 6.92 Å². The highest BCUT2D eigenvalue weighted by Crippen LogP contribution is 2.27. The first kappa shape index (κ1) is 17.1. The number of carboxylic acid groups (broad SMARTS) is 1. The summed E-state index contributed by atoms with van der Waals surface area (Å²) >= 11 is 1.39. The molecule has 5 nitrogen and oxygen atoms in total. The summed E-state index contributed by atoms with van der Waals surface area (Å²) in [5.41, 5.74) is 2.38. The monoisotopic (exact) mass is 332 g/mol. The van der Waals surface area contributed by atoms with Crippen molar-refractivity contribution in [3.8, 4) is 10.6 Å². The minimum absolute atomic E-state index is 0.151. The molecular weight excluding hydrogens is 312 g/mol. The molecule has 0 fully saturated rings. The minimum Gasteiger partial charge on any atom is -0.480 e. The van der Waals surface area contributed by atoms with Crippen LogP contribution in [0.4, 0.5) is 0 Å². The highest BCUT2D eigenvalue weighted by atomic mass is 32.1. The van der Waals surface area contributed by atoms with Gasteiger partial charge in [-0.3, -0.25) is 9.59 Å². The van der Waals surface area contributed by atoms with Crippen LogP contribution >= 0.6 is 11.3 Å². The number of hydrogen-bond acceptors (Lipinski definition) is 4. The molecule has 0 bridgehead atoms. The molecule has 0 spiro atoms. The fraction of sp³-hybridized carbons (Fsp3) is 0.353. The van der Waals surface area contributed by atoms with Gasteiger partial charge in [0.15, 0.2) is 0 Å². The van der Waals surface area contributed by atoms with Gasteiger partial charge in [0.05, 0.1) is 0 Å². The Bertz CT molecular complexity index is 711. The number of nitrogens with zero attached hydrogens (tertiary/aromatic N) is 2. The second-order valence-electron chi connectivity index (χ2n) is 5.44. The van der Waals surface area contributed by atoms with Gasteiger partial charge in [-0.1, -0.05) is 31.2 Å². The quantitative estimate of drug-likeness (QED) is 0.879. The maximum absolute atomic E-state index is 12.6. The summed E-state index contributed by atoms with van der Waals surface area (Å²) < 4.78 is 0. The molecule has 122 valence electrons. The van der Waals surface area contributed by atoms with Crippen molar-refractivity contribution in [2.24, 2.45) is 0 Å². The SMILES string of the molecule is CCC(C)N(CC(=O)O)C(=O)c1csc(-c2ccccc2C)n1. The Morgan fingerprint density at radius 3 is 2.65 bits per heavy atom. The van der Waals surface area contributed by atoms with Crippen molar-refractivity contribution < 1.29 is 14.7 Å². The summed E-state index contributed by atoms with van der Waals surface area (Å²) in [6.07, 6.45) is 0.688. The number of carbonyl (C=O) groups excluding carboxylic acids is 1. The van der Waals surface area contributed by atoms with E-state index in [4.69, 9.17) is 5.11 Å². The van der Waals surface area contributed by atoms with Crippen molar-refractivity contribution >= 4 is 23.2 Å². The van der Waals surface area contributed by atoms with Crippen molar-refractivity contribution in [3.63, 3.8) is 0 Å². The third-order valence-corrected chi connectivity index (χ3v) is 4.66. The minimum atomic E-state index is -1.02. The van der Waals surface area contributed by atoms with E-state index in [-0.39, 0.29) is 18.5 Å². The Kier molecular flexibility index (Phi) is 5.50. The normalized spacial score (nSPS) is 12.0. The van der Waals surface area contributed by atoms with Crippen LogP contribution in [-0.4, -0.2) is 39.5 Å². The molecule has 0 aliphatic carbocycles. The lowest BCUT2D eigenvalue weighted by Crippen LogP contribution is -2.42. The Labute approximate surface area is 139 Å². The van der Waals surface area contributed by atoms with E-state index in [1.165, 1.54) is 16.2 Å². The number of benzene rings is 1. The molecule has 1 unspecified atom stereocenters. The third-order valence-electron chi connectivity index (χ3n) is 3.79. The standard InChI is InChI=1S/C17H20N2O3S/c1-4-12(3)19(9-15(20)21)17(22)14-10-23-16(18-14)13-8-6-5-7-11(13)2/h5-8,10,12H,4,9H2,1-3H3,(H,20,21). The summed E-state index contributed by atoms with van der Waals surface area (Å²) in [7, 11) is 0. The molecule has 0 aliphatic heterocycles. The smallest absolute Gasteiger partial charge is 0.323 e. The Morgan fingerprint density at radius 2 is 2.04 bits per heavy atom. The molecule has 0 radical (unpaired) electrons. The third kappa shape index (κ3) is 3.96. The average Bonchev–Trinajstić information content (AvgIpc) is 3.01. The predicted octanol–water partition coefficient (Wildman–Crippen LogP) is 3.44. The number of aliphatic carboxylic acids is 1. The lowest BCUT2D eigenvalue weighted by Gasteiger charge is -2.26. The number of aromatic nitrogens is 1. The van der Waals surface area contributed by atoms with E-state index in [0.717, 1.165) is 16.1 Å². The maximum atomic E-state index is 12.6. The molecule has 0 saturated heterocycles. The number of amides is 1. The number of carbonyl (C=O) groups is 2. The van der Waals surface area contributed by atoms with E-state index in [1.54, 1.807) is 5.38 Å². The van der Waals surface area contributed by atoms with Gasteiger partial charge in [-0.05, 0) is 25.8 Å². The van der Waals surface area contributed by atoms with Crippen LogP contribution in [0.25, 0.3) is 10.6 Å². The second-order valence-corrected chi connectivity index (χ2v) is 6.29. The molecule has 0 saturated carbocycles. The van der Waals surface area contributed by atoms with E-state index in [9.17, 15) is 9.59 Å². The number of rotatable bonds is 6. The highest BCUT2D eigenvalue weighted by molar-refractivity contribution is 7.13. The maximum Gasteiger partial charge on any atom is 0.323 e. The lowest BCUT2D eigenvalue weighted by molar-refractivity contribution is -0.138. The van der Waals surface area contributed by atoms with Crippen LogP contribution in [0.15, 0.2) is 29.6 Å². The van der Waals surface area contributed by atoms with Crippen molar-refractivity contribution in [3.05, 3.63) is 40.9 Å². The lowest BCUT2D eigenvalue weighted by atomic mass is 10.1. The summed E-state index contributed by atoms with van der Waals surface area (Å²) in [5, 5.41) is 11.5. The first-order valence-electron chi connectivity index (χ1n) is 7.48. The van der Waals surface area contributed by atoms with Crippen LogP contribution in [0.5, 0.6) is 0 Å². The summed E-state index contributed by atoms with van der Waals surface area (Å²) in [6.45, 7) is 5.45. The van der Waals surface area contributed by atoms with Crippen LogP contribution in [0.1, 0.15) is 36.3 Å². The fourth-order valence-corrected chi connectivity index (χ4v) is 3.13. The highest BCUT2D eigenvalue weighted by Gasteiger charge is 2.25. The zero-order valence-corrected chi connectivity index (χ0v) is 14.3. The molecule has 1 aromatic carbocycles. The van der Waals surface area contributed by atoms with Crippen LogP contribution in [-0.2, 0) is 4.79 Å². The summed E-state index contributed by atoms with van der Waals surface area (Å²) in [5.74, 6) is -1.36. The molecule has 1 atom stereocenters. The van der Waals surface area contributed by atoms with E-state index < -0.39 is 5.97 Å². The Hall–Kier alpha value is -2.21. The van der Waals surface area contributed by atoms with Gasteiger partial charge in [0.25, 0.3) is 5.91 Å². The Morgan fingerprint density at radius 1 is 1.35 bits per heavy atom. The van der Waals surface area contributed by atoms with Gasteiger partial charge in [0, 0.05) is 17.0 Å². The second kappa shape index (κ2) is 7.37. The predicted molar refractivity (Wildman–Crippen MR) is 90.7 cm³/mol. The first-order valence-corrected chi connectivity index (χ1v) is 8.36. The van der Waals surface area contributed by atoms with Gasteiger partial charge in [-0.15, -0.1) is 11.3 Å². The van der Waals surface area contributed by atoms with Gasteiger partial charge >= 0.3 is 5.97 Å². The fourth-order valence-electron chi connectivity index (χ4n) is 2.25. The van der Waals surface area contributed by atoms with Crippen LogP contribution < -0.4 is 0 Å². The van der Waals surface area contributed by atoms with Crippen molar-refractivity contribution in [2.45, 2.75) is 33.2 Å². The number of thiazole rings is 1. The van der Waals surface area contributed by atoms with Gasteiger partial charge < -0.3 is 10.0 Å². The Balaban J connectivity index is 2.29. The van der Waals surface area contributed by atoms with Crippen molar-refractivity contribution in [1.82, 2.24) is 9.88 Å². The number of aryl methyl sites for hydroxylation is 1. The molecule has 6 heteroatoms. The number of carboxylic acids is 1. The number of hydrogen-bond donors (Lipinski definition) is 1. The van der Waals surface area contributed by atoms with Gasteiger partial charge in [-0.25, -0.2) is 4.98 Å². The van der Waals surface area contributed by atoms with Crippen LogP contribution in [0.2, 0.25) is 0 Å². The van der Waals surface area contributed by atoms with Gasteiger partial charge in [0.1, 0.15) is 17.2 Å². The topological polar surface area (TPSA) is 70.5 Å². The zero-order valence-electron chi connectivity index (χ0n) is 13.4. The molecule has 1 amide bonds. The summed E-state index contributed by atoms with van der Waals surface area (Å²) in [6, 6.07) is 7.69. The molecule has 1 heterocycles. The molecule has 2 rings (SSSR count). The molecule has 23 heavy (non-hydrogen) atoms.